The molecule has 0 spiro atoms. The van der Waals surface area contributed by atoms with Gasteiger partial charge in [-0.25, -0.2) is 4.98 Å². The second-order valence-corrected chi connectivity index (χ2v) is 10.3. The van der Waals surface area contributed by atoms with E-state index in [9.17, 15) is 5.11 Å². The molecule has 1 aromatic heterocycles. The Kier molecular flexibility index (Phi) is 7.63. The predicted octanol–water partition coefficient (Wildman–Crippen LogP) is 4.37. The molecule has 0 radical (unpaired) electrons. The lowest BCUT2D eigenvalue weighted by atomic mass is 9.82. The van der Waals surface area contributed by atoms with Crippen molar-refractivity contribution in [2.45, 2.75) is 71.5 Å². The van der Waals surface area contributed by atoms with Crippen LogP contribution in [0.25, 0.3) is 0 Å². The second kappa shape index (κ2) is 9.80. The molecule has 2 N–H and O–H groups in total. The molecule has 3 rings (SSSR count). The number of nitrogens with zero attached hydrogens (tertiary/aromatic N) is 3. The van der Waals surface area contributed by atoms with E-state index in [1.807, 2.05) is 0 Å². The van der Waals surface area contributed by atoms with Crippen molar-refractivity contribution in [3.05, 3.63) is 11.2 Å². The lowest BCUT2D eigenvalue weighted by molar-refractivity contribution is -0.109. The van der Waals surface area contributed by atoms with Crippen molar-refractivity contribution in [1.29, 1.82) is 0 Å². The van der Waals surface area contributed by atoms with Gasteiger partial charge in [0.2, 0.25) is 5.95 Å². The number of hydrogen-bond donors (Lipinski definition) is 2. The number of hydrogen-bond acceptors (Lipinski definition) is 6. The first-order chi connectivity index (χ1) is 13.7. The average molecular weight is 425 g/mol. The van der Waals surface area contributed by atoms with Gasteiger partial charge in [0.15, 0.2) is 5.82 Å². The molecule has 1 aliphatic carbocycles. The highest BCUT2D eigenvalue weighted by Gasteiger charge is 2.32. The van der Waals surface area contributed by atoms with E-state index in [-0.39, 0.29) is 12.2 Å². The third-order valence-electron chi connectivity index (χ3n) is 5.95. The van der Waals surface area contributed by atoms with Crippen LogP contribution in [-0.4, -0.2) is 53.0 Å². The monoisotopic (exact) mass is 424 g/mol. The molecule has 0 amide bonds. The Morgan fingerprint density at radius 3 is 2.59 bits per heavy atom. The van der Waals surface area contributed by atoms with Crippen LogP contribution in [0.2, 0.25) is 5.02 Å². The minimum atomic E-state index is -0.0686. The van der Waals surface area contributed by atoms with Crippen LogP contribution in [0, 0.1) is 17.8 Å². The molecule has 0 aromatic carbocycles. The Hall–Kier alpha value is -1.11. The van der Waals surface area contributed by atoms with E-state index in [2.05, 4.69) is 42.9 Å². The number of rotatable bonds is 8. The molecule has 2 fully saturated rings. The summed E-state index contributed by atoms with van der Waals surface area (Å²) in [6, 6.07) is 0. The summed E-state index contributed by atoms with van der Waals surface area (Å²) < 4.78 is 6.01. The molecule has 2 aliphatic rings. The number of aromatic nitrogens is 2. The van der Waals surface area contributed by atoms with Crippen LogP contribution in [0.15, 0.2) is 6.20 Å². The number of piperidine rings is 1. The SMILES string of the molecule is CC(CO)CC1CCN(c2nc(NCC3CC(OC(C)(C)C)C3)ncc2Cl)CC1. The number of anilines is 2. The Morgan fingerprint density at radius 2 is 1.97 bits per heavy atom. The van der Waals surface area contributed by atoms with Crippen molar-refractivity contribution in [3.63, 3.8) is 0 Å². The fourth-order valence-corrected chi connectivity index (χ4v) is 4.57. The summed E-state index contributed by atoms with van der Waals surface area (Å²) in [7, 11) is 0. The zero-order valence-corrected chi connectivity index (χ0v) is 19.1. The number of aliphatic hydroxyl groups excluding tert-OH is 1. The van der Waals surface area contributed by atoms with Crippen LogP contribution in [0.5, 0.6) is 0 Å². The molecule has 164 valence electrons. The van der Waals surface area contributed by atoms with E-state index in [1.54, 1.807) is 6.20 Å². The number of aliphatic hydroxyl groups is 1. The zero-order chi connectivity index (χ0) is 21.0. The predicted molar refractivity (Wildman–Crippen MR) is 119 cm³/mol. The van der Waals surface area contributed by atoms with Gasteiger partial charge in [0, 0.05) is 26.2 Å². The van der Waals surface area contributed by atoms with E-state index < -0.39 is 0 Å². The topological polar surface area (TPSA) is 70.5 Å². The quantitative estimate of drug-likeness (QED) is 0.645. The van der Waals surface area contributed by atoms with E-state index in [0.29, 0.717) is 34.8 Å². The Labute approximate surface area is 180 Å². The minimum absolute atomic E-state index is 0.0686. The van der Waals surface area contributed by atoms with Crippen LogP contribution < -0.4 is 10.2 Å². The highest BCUT2D eigenvalue weighted by Crippen LogP contribution is 2.34. The fourth-order valence-electron chi connectivity index (χ4n) is 4.36. The first-order valence-electron chi connectivity index (χ1n) is 11.0. The maximum atomic E-state index is 9.28. The van der Waals surface area contributed by atoms with E-state index in [0.717, 1.165) is 57.6 Å². The molecule has 1 saturated heterocycles. The van der Waals surface area contributed by atoms with E-state index in [4.69, 9.17) is 21.3 Å². The van der Waals surface area contributed by atoms with Crippen LogP contribution in [0.3, 0.4) is 0 Å². The first kappa shape index (κ1) is 22.6. The molecule has 6 nitrogen and oxygen atoms in total. The van der Waals surface area contributed by atoms with Crippen molar-refractivity contribution in [1.82, 2.24) is 9.97 Å². The van der Waals surface area contributed by atoms with Gasteiger partial charge < -0.3 is 20.1 Å². The van der Waals surface area contributed by atoms with Crippen molar-refractivity contribution < 1.29 is 9.84 Å². The van der Waals surface area contributed by atoms with Gasteiger partial charge >= 0.3 is 0 Å². The minimum Gasteiger partial charge on any atom is -0.396 e. The summed E-state index contributed by atoms with van der Waals surface area (Å²) in [6.07, 6.45) is 7.58. The van der Waals surface area contributed by atoms with Gasteiger partial charge in [-0.3, -0.25) is 0 Å². The maximum absolute atomic E-state index is 9.28. The summed E-state index contributed by atoms with van der Waals surface area (Å²) in [6.45, 7) is 11.5. The summed E-state index contributed by atoms with van der Waals surface area (Å²) in [4.78, 5) is 11.3. The summed E-state index contributed by atoms with van der Waals surface area (Å²) >= 11 is 6.41. The lowest BCUT2D eigenvalue weighted by Gasteiger charge is -2.39. The molecule has 1 saturated carbocycles. The molecule has 29 heavy (non-hydrogen) atoms. The maximum Gasteiger partial charge on any atom is 0.224 e. The van der Waals surface area contributed by atoms with Gasteiger partial charge in [-0.15, -0.1) is 0 Å². The average Bonchev–Trinajstić information content (AvgIpc) is 2.64. The third kappa shape index (κ3) is 6.69. The summed E-state index contributed by atoms with van der Waals surface area (Å²) in [5.74, 6) is 3.15. The molecular weight excluding hydrogens is 388 g/mol. The van der Waals surface area contributed by atoms with Crippen molar-refractivity contribution in [2.24, 2.45) is 17.8 Å². The highest BCUT2D eigenvalue weighted by atomic mass is 35.5. The zero-order valence-electron chi connectivity index (χ0n) is 18.3. The number of ether oxygens (including phenoxy) is 1. The molecule has 1 unspecified atom stereocenters. The summed E-state index contributed by atoms with van der Waals surface area (Å²) in [5.41, 5.74) is -0.0686. The molecular formula is C22H37ClN4O2. The highest BCUT2D eigenvalue weighted by molar-refractivity contribution is 6.32. The Balaban J connectivity index is 1.47. The van der Waals surface area contributed by atoms with Crippen LogP contribution in [-0.2, 0) is 4.74 Å². The smallest absolute Gasteiger partial charge is 0.224 e. The molecule has 0 bridgehead atoms. The molecule has 1 atom stereocenters. The molecule has 1 aromatic rings. The van der Waals surface area contributed by atoms with Crippen LogP contribution >= 0.6 is 11.6 Å². The fraction of sp³-hybridized carbons (Fsp3) is 0.818. The van der Waals surface area contributed by atoms with Gasteiger partial charge in [0.1, 0.15) is 5.02 Å². The largest absolute Gasteiger partial charge is 0.396 e. The van der Waals surface area contributed by atoms with Crippen LogP contribution in [0.4, 0.5) is 11.8 Å². The normalized spacial score (nSPS) is 24.3. The third-order valence-corrected chi connectivity index (χ3v) is 6.22. The Bertz CT molecular complexity index is 653. The standard InChI is InChI=1S/C22H37ClN4O2/c1-15(14-28)9-16-5-7-27(8-6-16)20-19(23)13-25-21(26-20)24-12-17-10-18(11-17)29-22(2,3)4/h13,15-18,28H,5-12,14H2,1-4H3,(H,24,25,26). The lowest BCUT2D eigenvalue weighted by Crippen LogP contribution is -2.40. The molecule has 7 heteroatoms. The molecule has 2 heterocycles. The number of nitrogens with one attached hydrogen (secondary N) is 1. The van der Waals surface area contributed by atoms with Crippen molar-refractivity contribution in [2.75, 3.05) is 36.5 Å². The number of halogens is 1. The molecule has 1 aliphatic heterocycles. The van der Waals surface area contributed by atoms with Crippen molar-refractivity contribution in [3.8, 4) is 0 Å². The van der Waals surface area contributed by atoms with Gasteiger partial charge in [-0.1, -0.05) is 18.5 Å². The van der Waals surface area contributed by atoms with E-state index >= 15 is 0 Å². The first-order valence-corrected chi connectivity index (χ1v) is 11.4. The summed E-state index contributed by atoms with van der Waals surface area (Å²) in [5, 5.41) is 13.3. The Morgan fingerprint density at radius 1 is 1.28 bits per heavy atom. The van der Waals surface area contributed by atoms with Gasteiger partial charge in [-0.05, 0) is 70.6 Å². The second-order valence-electron chi connectivity index (χ2n) is 9.89. The van der Waals surface area contributed by atoms with Gasteiger partial charge in [0.05, 0.1) is 17.9 Å². The van der Waals surface area contributed by atoms with Gasteiger partial charge in [-0.2, -0.15) is 4.98 Å². The van der Waals surface area contributed by atoms with Gasteiger partial charge in [0.25, 0.3) is 0 Å². The van der Waals surface area contributed by atoms with E-state index in [1.165, 1.54) is 0 Å². The van der Waals surface area contributed by atoms with Crippen LogP contribution in [0.1, 0.15) is 59.8 Å². The van der Waals surface area contributed by atoms with Crippen molar-refractivity contribution >= 4 is 23.4 Å².